The van der Waals surface area contributed by atoms with E-state index < -0.39 is 0 Å². The standard InChI is InChI=1S/C18H25FN4O2/c1-12-10-23(11-16(25-12)13-3-5-14(19)6-4-13)18(20-2)21-9-17(24)22-15-7-8-15/h3-6,12,15-16H,7-11H2,1-2H3,(H,20,21)(H,22,24). The van der Waals surface area contributed by atoms with E-state index in [0.29, 0.717) is 25.1 Å². The molecule has 0 bridgehead atoms. The molecule has 136 valence electrons. The van der Waals surface area contributed by atoms with E-state index in [2.05, 4.69) is 20.5 Å². The summed E-state index contributed by atoms with van der Waals surface area (Å²) >= 11 is 0. The molecule has 2 aliphatic rings. The minimum Gasteiger partial charge on any atom is -0.367 e. The molecule has 0 spiro atoms. The van der Waals surface area contributed by atoms with Gasteiger partial charge in [-0.05, 0) is 37.5 Å². The maximum atomic E-state index is 13.1. The Labute approximate surface area is 147 Å². The maximum Gasteiger partial charge on any atom is 0.239 e. The van der Waals surface area contributed by atoms with Crippen LogP contribution in [0.4, 0.5) is 4.39 Å². The minimum absolute atomic E-state index is 0.00245. The Kier molecular flexibility index (Phi) is 5.53. The van der Waals surface area contributed by atoms with E-state index in [9.17, 15) is 9.18 Å². The van der Waals surface area contributed by atoms with Gasteiger partial charge >= 0.3 is 0 Å². The van der Waals surface area contributed by atoms with E-state index in [-0.39, 0.29) is 30.5 Å². The largest absolute Gasteiger partial charge is 0.367 e. The first-order chi connectivity index (χ1) is 12.0. The van der Waals surface area contributed by atoms with Crippen molar-refractivity contribution in [1.82, 2.24) is 15.5 Å². The second-order valence-electron chi connectivity index (χ2n) is 6.63. The van der Waals surface area contributed by atoms with E-state index in [0.717, 1.165) is 18.4 Å². The highest BCUT2D eigenvalue weighted by Crippen LogP contribution is 2.25. The number of rotatable bonds is 4. The van der Waals surface area contributed by atoms with Crippen molar-refractivity contribution in [2.24, 2.45) is 4.99 Å². The van der Waals surface area contributed by atoms with Crippen molar-refractivity contribution in [2.45, 2.75) is 38.0 Å². The number of carbonyl (C=O) groups excluding carboxylic acids is 1. The highest BCUT2D eigenvalue weighted by atomic mass is 19.1. The third kappa shape index (κ3) is 4.92. The summed E-state index contributed by atoms with van der Waals surface area (Å²) < 4.78 is 19.1. The quantitative estimate of drug-likeness (QED) is 0.638. The molecule has 2 N–H and O–H groups in total. The van der Waals surface area contributed by atoms with Gasteiger partial charge in [0.25, 0.3) is 0 Å². The van der Waals surface area contributed by atoms with E-state index in [1.54, 1.807) is 19.2 Å². The Morgan fingerprint density at radius 3 is 2.68 bits per heavy atom. The number of carbonyl (C=O) groups is 1. The number of nitrogens with one attached hydrogen (secondary N) is 2. The van der Waals surface area contributed by atoms with E-state index in [1.165, 1.54) is 12.1 Å². The van der Waals surface area contributed by atoms with Crippen LogP contribution in [0.5, 0.6) is 0 Å². The number of halogens is 1. The predicted octanol–water partition coefficient (Wildman–Crippen LogP) is 1.44. The Morgan fingerprint density at radius 2 is 2.04 bits per heavy atom. The Balaban J connectivity index is 1.60. The van der Waals surface area contributed by atoms with Crippen molar-refractivity contribution < 1.29 is 13.9 Å². The van der Waals surface area contributed by atoms with Crippen LogP contribution in [0.1, 0.15) is 31.4 Å². The molecule has 2 fully saturated rings. The van der Waals surface area contributed by atoms with Crippen LogP contribution in [0.25, 0.3) is 0 Å². The summed E-state index contributed by atoms with van der Waals surface area (Å²) in [4.78, 5) is 18.2. The van der Waals surface area contributed by atoms with Gasteiger partial charge in [-0.2, -0.15) is 0 Å². The molecule has 2 unspecified atom stereocenters. The van der Waals surface area contributed by atoms with Crippen LogP contribution in [0.15, 0.2) is 29.3 Å². The van der Waals surface area contributed by atoms with Crippen molar-refractivity contribution in [2.75, 3.05) is 26.7 Å². The first kappa shape index (κ1) is 17.7. The molecular weight excluding hydrogens is 323 g/mol. The lowest BCUT2D eigenvalue weighted by atomic mass is 10.1. The number of nitrogens with zero attached hydrogens (tertiary/aromatic N) is 2. The van der Waals surface area contributed by atoms with Crippen LogP contribution >= 0.6 is 0 Å². The summed E-state index contributed by atoms with van der Waals surface area (Å²) in [6.07, 6.45) is 1.98. The molecular formula is C18H25FN4O2. The Morgan fingerprint density at radius 1 is 1.32 bits per heavy atom. The van der Waals surface area contributed by atoms with Crippen molar-refractivity contribution in [1.29, 1.82) is 0 Å². The van der Waals surface area contributed by atoms with Gasteiger partial charge in [0.15, 0.2) is 5.96 Å². The summed E-state index contributed by atoms with van der Waals surface area (Å²) in [6.45, 7) is 3.48. The molecule has 7 heteroatoms. The monoisotopic (exact) mass is 348 g/mol. The van der Waals surface area contributed by atoms with Crippen molar-refractivity contribution in [3.05, 3.63) is 35.6 Å². The fourth-order valence-electron chi connectivity index (χ4n) is 2.98. The predicted molar refractivity (Wildman–Crippen MR) is 93.8 cm³/mol. The average molecular weight is 348 g/mol. The van der Waals surface area contributed by atoms with Gasteiger partial charge in [-0.3, -0.25) is 9.79 Å². The van der Waals surface area contributed by atoms with Crippen LogP contribution in [0.3, 0.4) is 0 Å². The molecule has 25 heavy (non-hydrogen) atoms. The number of guanidine groups is 1. The molecule has 0 radical (unpaired) electrons. The second kappa shape index (κ2) is 7.82. The van der Waals surface area contributed by atoms with Gasteiger partial charge in [0, 0.05) is 19.6 Å². The van der Waals surface area contributed by atoms with Crippen molar-refractivity contribution >= 4 is 11.9 Å². The van der Waals surface area contributed by atoms with Gasteiger partial charge < -0.3 is 20.3 Å². The molecule has 1 aromatic carbocycles. The van der Waals surface area contributed by atoms with Gasteiger partial charge in [0.2, 0.25) is 5.91 Å². The first-order valence-corrected chi connectivity index (χ1v) is 8.71. The third-order valence-electron chi connectivity index (χ3n) is 4.36. The fraction of sp³-hybridized carbons (Fsp3) is 0.556. The lowest BCUT2D eigenvalue weighted by Gasteiger charge is -2.38. The zero-order valence-electron chi connectivity index (χ0n) is 14.7. The van der Waals surface area contributed by atoms with Crippen LogP contribution in [-0.2, 0) is 9.53 Å². The molecule has 1 amide bonds. The molecule has 6 nitrogen and oxygen atoms in total. The van der Waals surface area contributed by atoms with Crippen molar-refractivity contribution in [3.63, 3.8) is 0 Å². The lowest BCUT2D eigenvalue weighted by Crippen LogP contribution is -2.52. The molecule has 1 aromatic rings. The maximum absolute atomic E-state index is 13.1. The van der Waals surface area contributed by atoms with Gasteiger partial charge in [-0.15, -0.1) is 0 Å². The van der Waals surface area contributed by atoms with E-state index in [1.807, 2.05) is 6.92 Å². The molecule has 3 rings (SSSR count). The summed E-state index contributed by atoms with van der Waals surface area (Å²) in [6, 6.07) is 6.72. The topological polar surface area (TPSA) is 66.0 Å². The van der Waals surface area contributed by atoms with Crippen LogP contribution in [0.2, 0.25) is 0 Å². The number of ether oxygens (including phenoxy) is 1. The molecule has 0 aromatic heterocycles. The van der Waals surface area contributed by atoms with Gasteiger partial charge in [0.05, 0.1) is 19.2 Å². The first-order valence-electron chi connectivity index (χ1n) is 8.71. The smallest absolute Gasteiger partial charge is 0.239 e. The highest BCUT2D eigenvalue weighted by Gasteiger charge is 2.29. The summed E-state index contributed by atoms with van der Waals surface area (Å²) in [5, 5.41) is 6.07. The molecule has 1 saturated heterocycles. The van der Waals surface area contributed by atoms with Gasteiger partial charge in [-0.1, -0.05) is 12.1 Å². The highest BCUT2D eigenvalue weighted by molar-refractivity contribution is 5.86. The van der Waals surface area contributed by atoms with Crippen LogP contribution in [0, 0.1) is 5.82 Å². The number of hydrogen-bond acceptors (Lipinski definition) is 3. The lowest BCUT2D eigenvalue weighted by molar-refractivity contribution is -0.120. The summed E-state index contributed by atoms with van der Waals surface area (Å²) in [5.74, 6) is 0.400. The van der Waals surface area contributed by atoms with Crippen LogP contribution in [-0.4, -0.2) is 55.6 Å². The number of morpholine rings is 1. The third-order valence-corrected chi connectivity index (χ3v) is 4.36. The summed E-state index contributed by atoms with van der Waals surface area (Å²) in [7, 11) is 1.70. The van der Waals surface area contributed by atoms with Crippen LogP contribution < -0.4 is 10.6 Å². The Hall–Kier alpha value is -2.15. The Bertz CT molecular complexity index is 630. The van der Waals surface area contributed by atoms with Gasteiger partial charge in [-0.25, -0.2) is 4.39 Å². The number of aliphatic imine (C=N–C) groups is 1. The van der Waals surface area contributed by atoms with E-state index >= 15 is 0 Å². The van der Waals surface area contributed by atoms with Crippen molar-refractivity contribution in [3.8, 4) is 0 Å². The molecule has 1 heterocycles. The second-order valence-corrected chi connectivity index (χ2v) is 6.63. The normalized spacial score (nSPS) is 24.1. The van der Waals surface area contributed by atoms with E-state index in [4.69, 9.17) is 4.74 Å². The van der Waals surface area contributed by atoms with Gasteiger partial charge in [0.1, 0.15) is 11.9 Å². The zero-order valence-corrected chi connectivity index (χ0v) is 14.7. The number of hydrogen-bond donors (Lipinski definition) is 2. The average Bonchev–Trinajstić information content (AvgIpc) is 3.39. The number of benzene rings is 1. The summed E-state index contributed by atoms with van der Waals surface area (Å²) in [5.41, 5.74) is 0.930. The fourth-order valence-corrected chi connectivity index (χ4v) is 2.98. The number of amides is 1. The molecule has 2 atom stereocenters. The zero-order chi connectivity index (χ0) is 17.8. The molecule has 1 saturated carbocycles. The minimum atomic E-state index is -0.261. The SMILES string of the molecule is CN=C(NCC(=O)NC1CC1)N1CC(C)OC(c2ccc(F)cc2)C1. The molecule has 1 aliphatic carbocycles. The molecule has 1 aliphatic heterocycles.